The minimum absolute atomic E-state index is 0.106. The number of rotatable bonds is 6. The van der Waals surface area contributed by atoms with E-state index in [9.17, 15) is 16.8 Å². The van der Waals surface area contributed by atoms with Gasteiger partial charge in [0.1, 0.15) is 0 Å². The quantitative estimate of drug-likeness (QED) is 0.666. The molecule has 3 rings (SSSR count). The zero-order chi connectivity index (χ0) is 21.2. The molecular formula is C20H25ClN2O4S2. The summed E-state index contributed by atoms with van der Waals surface area (Å²) in [6, 6.07) is 12.9. The smallest absolute Gasteiger partial charge is 0.207 e. The van der Waals surface area contributed by atoms with Crippen LogP contribution in [0.1, 0.15) is 31.7 Å². The summed E-state index contributed by atoms with van der Waals surface area (Å²) in [6.45, 7) is 4.63. The molecule has 0 bridgehead atoms. The largest absolute Gasteiger partial charge is 0.243 e. The van der Waals surface area contributed by atoms with Crippen molar-refractivity contribution in [3.05, 3.63) is 59.1 Å². The van der Waals surface area contributed by atoms with Gasteiger partial charge in [-0.15, -0.1) is 0 Å². The van der Waals surface area contributed by atoms with Crippen molar-refractivity contribution < 1.29 is 16.8 Å². The number of hydrogen-bond donors (Lipinski definition) is 0. The van der Waals surface area contributed by atoms with Crippen molar-refractivity contribution in [2.75, 3.05) is 26.2 Å². The lowest BCUT2D eigenvalue weighted by atomic mass is 9.99. The molecule has 0 aromatic heterocycles. The summed E-state index contributed by atoms with van der Waals surface area (Å²) >= 11 is 5.83. The Labute approximate surface area is 178 Å². The number of nitrogens with zero attached hydrogens (tertiary/aromatic N) is 2. The lowest BCUT2D eigenvalue weighted by molar-refractivity contribution is 0.273. The molecule has 1 atom stereocenters. The molecule has 2 aromatic rings. The number of benzene rings is 2. The monoisotopic (exact) mass is 456 g/mol. The van der Waals surface area contributed by atoms with Crippen molar-refractivity contribution in [3.8, 4) is 0 Å². The Morgan fingerprint density at radius 3 is 1.55 bits per heavy atom. The van der Waals surface area contributed by atoms with E-state index in [0.29, 0.717) is 10.9 Å². The van der Waals surface area contributed by atoms with Crippen LogP contribution in [0.4, 0.5) is 0 Å². The van der Waals surface area contributed by atoms with Crippen molar-refractivity contribution in [2.24, 2.45) is 0 Å². The number of piperazine rings is 1. The molecule has 2 aromatic carbocycles. The van der Waals surface area contributed by atoms with Crippen LogP contribution in [-0.2, 0) is 20.0 Å². The molecular weight excluding hydrogens is 432 g/mol. The van der Waals surface area contributed by atoms with Crippen molar-refractivity contribution in [2.45, 2.75) is 36.0 Å². The van der Waals surface area contributed by atoms with Crippen molar-refractivity contribution in [3.63, 3.8) is 0 Å². The molecule has 29 heavy (non-hydrogen) atoms. The fourth-order valence-electron chi connectivity index (χ4n) is 3.26. The summed E-state index contributed by atoms with van der Waals surface area (Å²) in [5.41, 5.74) is 1.10. The highest BCUT2D eigenvalue weighted by molar-refractivity contribution is 7.89. The van der Waals surface area contributed by atoms with E-state index in [4.69, 9.17) is 11.6 Å². The highest BCUT2D eigenvalue weighted by Gasteiger charge is 2.33. The Balaban J connectivity index is 1.71. The molecule has 1 unspecified atom stereocenters. The SMILES string of the molecule is CCC(C)c1ccc(S(=O)(=O)N2CCN(S(=O)(=O)c3ccc(Cl)cc3)CC2)cc1. The van der Waals surface area contributed by atoms with E-state index >= 15 is 0 Å². The predicted molar refractivity (Wildman–Crippen MR) is 114 cm³/mol. The van der Waals surface area contributed by atoms with Crippen LogP contribution in [0, 0.1) is 0 Å². The van der Waals surface area contributed by atoms with E-state index in [0.717, 1.165) is 12.0 Å². The molecule has 0 spiro atoms. The number of halogens is 1. The molecule has 6 nitrogen and oxygen atoms in total. The second-order valence-electron chi connectivity index (χ2n) is 7.14. The van der Waals surface area contributed by atoms with Gasteiger partial charge < -0.3 is 0 Å². The van der Waals surface area contributed by atoms with Crippen LogP contribution < -0.4 is 0 Å². The fraction of sp³-hybridized carbons (Fsp3) is 0.400. The second-order valence-corrected chi connectivity index (χ2v) is 11.5. The molecule has 0 aliphatic carbocycles. The van der Waals surface area contributed by atoms with Gasteiger partial charge >= 0.3 is 0 Å². The van der Waals surface area contributed by atoms with Gasteiger partial charge in [0.2, 0.25) is 20.0 Å². The summed E-state index contributed by atoms with van der Waals surface area (Å²) in [7, 11) is -7.33. The molecule has 1 aliphatic heterocycles. The molecule has 1 saturated heterocycles. The molecule has 158 valence electrons. The molecule has 0 amide bonds. The van der Waals surface area contributed by atoms with Gasteiger partial charge in [-0.05, 0) is 54.3 Å². The van der Waals surface area contributed by atoms with Gasteiger partial charge in [0.25, 0.3) is 0 Å². The summed E-state index contributed by atoms with van der Waals surface area (Å²) in [4.78, 5) is 0.386. The van der Waals surface area contributed by atoms with Gasteiger partial charge in [0.15, 0.2) is 0 Å². The molecule has 0 N–H and O–H groups in total. The normalized spacial score (nSPS) is 17.9. The predicted octanol–water partition coefficient (Wildman–Crippen LogP) is 3.55. The first-order chi connectivity index (χ1) is 13.7. The lowest BCUT2D eigenvalue weighted by Gasteiger charge is -2.33. The van der Waals surface area contributed by atoms with Crippen LogP contribution in [0.25, 0.3) is 0 Å². The van der Waals surface area contributed by atoms with E-state index in [1.807, 2.05) is 12.1 Å². The summed E-state index contributed by atoms with van der Waals surface area (Å²) in [6.07, 6.45) is 0.982. The molecule has 0 radical (unpaired) electrons. The first-order valence-electron chi connectivity index (χ1n) is 9.52. The van der Waals surface area contributed by atoms with Gasteiger partial charge in [-0.3, -0.25) is 0 Å². The van der Waals surface area contributed by atoms with Crippen LogP contribution in [0.2, 0.25) is 5.02 Å². The summed E-state index contributed by atoms with van der Waals surface area (Å²) < 4.78 is 54.1. The first kappa shape index (κ1) is 22.2. The lowest BCUT2D eigenvalue weighted by Crippen LogP contribution is -2.50. The van der Waals surface area contributed by atoms with Crippen molar-refractivity contribution in [1.82, 2.24) is 8.61 Å². The first-order valence-corrected chi connectivity index (χ1v) is 12.8. The minimum atomic E-state index is -3.68. The second kappa shape index (κ2) is 8.73. The van der Waals surface area contributed by atoms with E-state index in [-0.39, 0.29) is 36.0 Å². The van der Waals surface area contributed by atoms with Crippen molar-refractivity contribution in [1.29, 1.82) is 0 Å². The summed E-state index contributed by atoms with van der Waals surface area (Å²) in [5.74, 6) is 0.369. The zero-order valence-corrected chi connectivity index (χ0v) is 18.8. The third kappa shape index (κ3) is 4.67. The van der Waals surface area contributed by atoms with Gasteiger partial charge in [-0.25, -0.2) is 16.8 Å². The molecule has 0 saturated carbocycles. The van der Waals surface area contributed by atoms with Gasteiger partial charge in [-0.1, -0.05) is 37.6 Å². The average Bonchev–Trinajstić information content (AvgIpc) is 2.73. The molecule has 1 fully saturated rings. The fourth-order valence-corrected chi connectivity index (χ4v) is 6.23. The van der Waals surface area contributed by atoms with Crippen molar-refractivity contribution >= 4 is 31.6 Å². The topological polar surface area (TPSA) is 74.8 Å². The van der Waals surface area contributed by atoms with Crippen LogP contribution in [0.3, 0.4) is 0 Å². The highest BCUT2D eigenvalue weighted by Crippen LogP contribution is 2.25. The average molecular weight is 457 g/mol. The van der Waals surface area contributed by atoms with Crippen LogP contribution in [0.5, 0.6) is 0 Å². The maximum atomic E-state index is 12.9. The molecule has 9 heteroatoms. The standard InChI is InChI=1S/C20H25ClN2O4S2/c1-3-16(2)17-4-8-19(9-5-17)28(24,25)22-12-14-23(15-13-22)29(26,27)20-10-6-18(21)7-11-20/h4-11,16H,3,12-15H2,1-2H3. The number of hydrogen-bond acceptors (Lipinski definition) is 4. The number of sulfonamides is 2. The Bertz CT molecular complexity index is 1040. The third-order valence-corrected chi connectivity index (χ3v) is 9.43. The third-order valence-electron chi connectivity index (χ3n) is 5.35. The zero-order valence-electron chi connectivity index (χ0n) is 16.5. The van der Waals surface area contributed by atoms with E-state index in [1.54, 1.807) is 12.1 Å². The van der Waals surface area contributed by atoms with E-state index in [1.165, 1.54) is 32.9 Å². The Hall–Kier alpha value is -1.45. The molecule has 1 heterocycles. The minimum Gasteiger partial charge on any atom is -0.207 e. The Kier molecular flexibility index (Phi) is 6.70. The molecule has 1 aliphatic rings. The van der Waals surface area contributed by atoms with Crippen LogP contribution in [0.15, 0.2) is 58.3 Å². The maximum Gasteiger partial charge on any atom is 0.243 e. The summed E-state index contributed by atoms with van der Waals surface area (Å²) in [5, 5.41) is 0.458. The Morgan fingerprint density at radius 2 is 1.17 bits per heavy atom. The van der Waals surface area contributed by atoms with Gasteiger partial charge in [-0.2, -0.15) is 8.61 Å². The maximum absolute atomic E-state index is 12.9. The Morgan fingerprint density at radius 1 is 0.793 bits per heavy atom. The van der Waals surface area contributed by atoms with Crippen LogP contribution >= 0.6 is 11.6 Å². The van der Waals surface area contributed by atoms with E-state index < -0.39 is 20.0 Å². The van der Waals surface area contributed by atoms with Crippen LogP contribution in [-0.4, -0.2) is 51.6 Å². The van der Waals surface area contributed by atoms with Gasteiger partial charge in [0, 0.05) is 31.2 Å². The van der Waals surface area contributed by atoms with E-state index in [2.05, 4.69) is 13.8 Å². The van der Waals surface area contributed by atoms with Gasteiger partial charge in [0.05, 0.1) is 9.79 Å². The highest BCUT2D eigenvalue weighted by atomic mass is 35.5.